The van der Waals surface area contributed by atoms with Gasteiger partial charge in [0.2, 0.25) is 0 Å². The van der Waals surface area contributed by atoms with Crippen molar-refractivity contribution in [3.8, 4) is 0 Å². The van der Waals surface area contributed by atoms with Crippen molar-refractivity contribution in [1.29, 1.82) is 0 Å². The Labute approximate surface area is 77.2 Å². The van der Waals surface area contributed by atoms with Gasteiger partial charge in [0.1, 0.15) is 0 Å². The van der Waals surface area contributed by atoms with E-state index in [9.17, 15) is 8.78 Å². The molecule has 0 atom stereocenters. The molecule has 0 spiro atoms. The molecule has 0 aliphatic carbocycles. The van der Waals surface area contributed by atoms with Gasteiger partial charge in [-0.3, -0.25) is 0 Å². The summed E-state index contributed by atoms with van der Waals surface area (Å²) in [4.78, 5) is 0. The third-order valence-corrected chi connectivity index (χ3v) is 2.88. The average Bonchev–Trinajstić information content (AvgIpc) is 2.39. The summed E-state index contributed by atoms with van der Waals surface area (Å²) in [6.07, 6.45) is 0. The van der Waals surface area contributed by atoms with Crippen molar-refractivity contribution >= 4 is 34.1 Å². The molecule has 2 aromatic rings. The smallest absolute Gasteiger partial charge is 0.167 e. The maximum atomic E-state index is 13.0. The number of benzene rings is 1. The third kappa shape index (κ3) is 1.11. The Morgan fingerprint density at radius 3 is 2.75 bits per heavy atom. The van der Waals surface area contributed by atoms with E-state index in [4.69, 9.17) is 0 Å². The molecule has 12 heavy (non-hydrogen) atoms. The average molecular weight is 202 g/mol. The lowest BCUT2D eigenvalue weighted by Gasteiger charge is -1.92. The minimum atomic E-state index is -0.811. The van der Waals surface area contributed by atoms with Gasteiger partial charge in [0, 0.05) is 10.1 Å². The summed E-state index contributed by atoms with van der Waals surface area (Å²) in [6, 6.07) is 4.21. The zero-order valence-corrected chi connectivity index (χ0v) is 7.55. The van der Waals surface area contributed by atoms with Crippen molar-refractivity contribution in [3.63, 3.8) is 0 Å². The normalized spacial score (nSPS) is 10.9. The predicted octanol–water partition coefficient (Wildman–Crippen LogP) is 3.47. The molecule has 4 heteroatoms. The second kappa shape index (κ2) is 2.71. The fourth-order valence-electron chi connectivity index (χ4n) is 1.04. The molecule has 2 rings (SSSR count). The van der Waals surface area contributed by atoms with Crippen LogP contribution in [-0.2, 0) is 0 Å². The van der Waals surface area contributed by atoms with Crippen LogP contribution in [0.1, 0.15) is 0 Å². The number of rotatable bonds is 0. The van der Waals surface area contributed by atoms with Gasteiger partial charge in [-0.15, -0.1) is 24.0 Å². The summed E-state index contributed by atoms with van der Waals surface area (Å²) in [5.41, 5.74) is 0. The third-order valence-electron chi connectivity index (χ3n) is 1.57. The first kappa shape index (κ1) is 8.01. The fourth-order valence-corrected chi connectivity index (χ4v) is 2.26. The topological polar surface area (TPSA) is 0 Å². The van der Waals surface area contributed by atoms with E-state index in [1.165, 1.54) is 17.4 Å². The van der Waals surface area contributed by atoms with Crippen molar-refractivity contribution in [2.24, 2.45) is 0 Å². The van der Waals surface area contributed by atoms with Gasteiger partial charge in [-0.2, -0.15) is 0 Å². The minimum absolute atomic E-state index is 0.310. The zero-order valence-electron chi connectivity index (χ0n) is 5.84. The lowest BCUT2D eigenvalue weighted by Crippen LogP contribution is -1.81. The molecule has 1 aromatic heterocycles. The first-order valence-electron chi connectivity index (χ1n) is 3.25. The van der Waals surface area contributed by atoms with Crippen LogP contribution >= 0.6 is 24.0 Å². The highest BCUT2D eigenvalue weighted by Crippen LogP contribution is 2.30. The van der Waals surface area contributed by atoms with Gasteiger partial charge in [-0.25, -0.2) is 8.78 Å². The highest BCUT2D eigenvalue weighted by Gasteiger charge is 2.08. The molecule has 0 saturated heterocycles. The van der Waals surface area contributed by atoms with E-state index < -0.39 is 11.6 Å². The van der Waals surface area contributed by atoms with Crippen LogP contribution in [0.25, 0.3) is 10.1 Å². The lowest BCUT2D eigenvalue weighted by molar-refractivity contribution is 0.517. The Hall–Kier alpha value is -0.610. The molecule has 0 radical (unpaired) electrons. The van der Waals surface area contributed by atoms with E-state index in [1.54, 1.807) is 6.07 Å². The first-order valence-corrected chi connectivity index (χ1v) is 4.51. The number of halogens is 2. The number of fused-ring (bicyclic) bond motifs is 1. The first-order chi connectivity index (χ1) is 5.68. The number of thiophene rings is 1. The number of hydrogen-bond donors (Lipinski definition) is 1. The molecular weight excluding hydrogens is 198 g/mol. The predicted molar refractivity (Wildman–Crippen MR) is 49.0 cm³/mol. The Bertz CT molecular complexity index is 434. The van der Waals surface area contributed by atoms with Crippen LogP contribution in [0.2, 0.25) is 0 Å². The summed E-state index contributed by atoms with van der Waals surface area (Å²) in [5, 5.41) is 0.310. The summed E-state index contributed by atoms with van der Waals surface area (Å²) in [6.45, 7) is 0. The second-order valence-electron chi connectivity index (χ2n) is 2.36. The van der Waals surface area contributed by atoms with Crippen LogP contribution in [0.15, 0.2) is 22.4 Å². The Balaban J connectivity index is 2.89. The van der Waals surface area contributed by atoms with Gasteiger partial charge in [0.15, 0.2) is 11.6 Å². The Morgan fingerprint density at radius 2 is 2.00 bits per heavy atom. The van der Waals surface area contributed by atoms with E-state index >= 15 is 0 Å². The van der Waals surface area contributed by atoms with Crippen LogP contribution in [0.3, 0.4) is 0 Å². The summed E-state index contributed by atoms with van der Waals surface area (Å²) in [5.74, 6) is -1.60. The van der Waals surface area contributed by atoms with Crippen LogP contribution < -0.4 is 0 Å². The van der Waals surface area contributed by atoms with Crippen LogP contribution in [0, 0.1) is 11.6 Å². The van der Waals surface area contributed by atoms with Gasteiger partial charge in [-0.05, 0) is 18.2 Å². The lowest BCUT2D eigenvalue weighted by atomic mass is 10.2. The largest absolute Gasteiger partial charge is 0.204 e. The summed E-state index contributed by atoms with van der Waals surface area (Å²) < 4.78 is 27.1. The standard InChI is InChI=1S/C8H4F2S2/c9-5-1-2-6-4(8(5)10)3-7(11)12-6/h1-3,11H. The van der Waals surface area contributed by atoms with E-state index in [0.29, 0.717) is 9.60 Å². The molecule has 62 valence electrons. The number of thiol groups is 1. The molecule has 0 bridgehead atoms. The van der Waals surface area contributed by atoms with Crippen LogP contribution in [0.5, 0.6) is 0 Å². The second-order valence-corrected chi connectivity index (χ2v) is 4.23. The van der Waals surface area contributed by atoms with Gasteiger partial charge in [0.25, 0.3) is 0 Å². The molecule has 0 amide bonds. The maximum absolute atomic E-state index is 13.0. The molecule has 0 N–H and O–H groups in total. The molecule has 0 saturated carbocycles. The van der Waals surface area contributed by atoms with Crippen molar-refractivity contribution < 1.29 is 8.78 Å². The van der Waals surface area contributed by atoms with Crippen LogP contribution in [0.4, 0.5) is 8.78 Å². The van der Waals surface area contributed by atoms with Crippen molar-refractivity contribution in [2.45, 2.75) is 4.21 Å². The van der Waals surface area contributed by atoms with E-state index in [2.05, 4.69) is 12.6 Å². The monoisotopic (exact) mass is 202 g/mol. The minimum Gasteiger partial charge on any atom is -0.204 e. The molecule has 0 unspecified atom stereocenters. The highest BCUT2D eigenvalue weighted by molar-refractivity contribution is 7.83. The van der Waals surface area contributed by atoms with Gasteiger partial charge in [-0.1, -0.05) is 0 Å². The molecule has 0 aliphatic heterocycles. The van der Waals surface area contributed by atoms with Crippen molar-refractivity contribution in [3.05, 3.63) is 29.8 Å². The van der Waals surface area contributed by atoms with Crippen molar-refractivity contribution in [2.75, 3.05) is 0 Å². The van der Waals surface area contributed by atoms with Crippen molar-refractivity contribution in [1.82, 2.24) is 0 Å². The molecule has 0 nitrogen and oxygen atoms in total. The van der Waals surface area contributed by atoms with E-state index in [-0.39, 0.29) is 0 Å². The van der Waals surface area contributed by atoms with Gasteiger partial charge in [0.05, 0.1) is 4.21 Å². The Morgan fingerprint density at radius 1 is 1.25 bits per heavy atom. The van der Waals surface area contributed by atoms with E-state index in [0.717, 1.165) is 10.8 Å². The quantitative estimate of drug-likeness (QED) is 0.621. The fraction of sp³-hybridized carbons (Fsp3) is 0. The SMILES string of the molecule is Fc1ccc2sc(S)cc2c1F. The van der Waals surface area contributed by atoms with Gasteiger partial charge >= 0.3 is 0 Å². The molecule has 1 heterocycles. The molecule has 0 aliphatic rings. The summed E-state index contributed by atoms with van der Waals surface area (Å²) in [7, 11) is 0. The number of hydrogen-bond acceptors (Lipinski definition) is 2. The Kier molecular flexibility index (Phi) is 1.81. The van der Waals surface area contributed by atoms with Crippen LogP contribution in [-0.4, -0.2) is 0 Å². The molecular formula is C8H4F2S2. The summed E-state index contributed by atoms with van der Waals surface area (Å²) >= 11 is 5.39. The maximum Gasteiger partial charge on any atom is 0.167 e. The zero-order chi connectivity index (χ0) is 8.72. The molecule has 1 aromatic carbocycles. The molecule has 0 fully saturated rings. The highest BCUT2D eigenvalue weighted by atomic mass is 32.2. The van der Waals surface area contributed by atoms with Gasteiger partial charge < -0.3 is 0 Å². The van der Waals surface area contributed by atoms with E-state index in [1.807, 2.05) is 0 Å².